The minimum atomic E-state index is 0.112. The number of hydrogen-bond acceptors (Lipinski definition) is 2. The van der Waals surface area contributed by atoms with E-state index >= 15 is 0 Å². The Labute approximate surface area is 138 Å². The number of rotatable bonds is 7. The lowest BCUT2D eigenvalue weighted by molar-refractivity contribution is -0.134. The summed E-state index contributed by atoms with van der Waals surface area (Å²) in [7, 11) is 0. The Bertz CT molecular complexity index is 671. The van der Waals surface area contributed by atoms with E-state index in [1.807, 2.05) is 35.2 Å². The van der Waals surface area contributed by atoms with E-state index < -0.39 is 0 Å². The average molecular weight is 311 g/mol. The Morgan fingerprint density at radius 2 is 1.91 bits per heavy atom. The van der Waals surface area contributed by atoms with Gasteiger partial charge in [0, 0.05) is 18.0 Å². The molecule has 0 unspecified atom stereocenters. The number of ether oxygens (including phenoxy) is 1. The second kappa shape index (κ2) is 7.03. The number of hydrogen-bond donors (Lipinski definition) is 0. The number of fused-ring (bicyclic) bond motifs is 1. The molecular formula is C20H25NO2. The fourth-order valence-corrected chi connectivity index (χ4v) is 2.84. The SMILES string of the molecule is CC(C)CCN(C(=O)COc1cccc2ccccc12)C1CC1. The molecule has 1 amide bonds. The molecular weight excluding hydrogens is 286 g/mol. The summed E-state index contributed by atoms with van der Waals surface area (Å²) < 4.78 is 5.86. The first-order valence-electron chi connectivity index (χ1n) is 8.55. The van der Waals surface area contributed by atoms with Crippen molar-refractivity contribution in [2.24, 2.45) is 5.92 Å². The molecule has 0 radical (unpaired) electrons. The standard InChI is InChI=1S/C20H25NO2/c1-15(2)12-13-21(17-10-11-17)20(22)14-23-19-9-5-7-16-6-3-4-8-18(16)19/h3-9,15,17H,10-14H2,1-2H3. The summed E-state index contributed by atoms with van der Waals surface area (Å²) in [4.78, 5) is 14.6. The Hall–Kier alpha value is -2.03. The minimum absolute atomic E-state index is 0.112. The molecule has 0 heterocycles. The van der Waals surface area contributed by atoms with Crippen molar-refractivity contribution in [3.8, 4) is 5.75 Å². The molecule has 1 fully saturated rings. The van der Waals surface area contributed by atoms with Crippen LogP contribution in [0.15, 0.2) is 42.5 Å². The van der Waals surface area contributed by atoms with Crippen LogP contribution in [0, 0.1) is 5.92 Å². The van der Waals surface area contributed by atoms with E-state index in [1.54, 1.807) is 0 Å². The smallest absolute Gasteiger partial charge is 0.260 e. The molecule has 1 aliphatic carbocycles. The summed E-state index contributed by atoms with van der Waals surface area (Å²) in [6.45, 7) is 5.37. The molecule has 1 aliphatic rings. The van der Waals surface area contributed by atoms with Crippen LogP contribution in [0.25, 0.3) is 10.8 Å². The number of benzene rings is 2. The highest BCUT2D eigenvalue weighted by molar-refractivity contribution is 5.88. The van der Waals surface area contributed by atoms with Gasteiger partial charge in [0.15, 0.2) is 6.61 Å². The van der Waals surface area contributed by atoms with E-state index in [0.717, 1.165) is 42.3 Å². The third-order valence-corrected chi connectivity index (χ3v) is 4.36. The summed E-state index contributed by atoms with van der Waals surface area (Å²) in [6.07, 6.45) is 3.33. The van der Waals surface area contributed by atoms with Crippen LogP contribution >= 0.6 is 0 Å². The molecule has 2 aromatic rings. The largest absolute Gasteiger partial charge is 0.483 e. The normalized spacial score (nSPS) is 14.2. The summed E-state index contributed by atoms with van der Waals surface area (Å²) >= 11 is 0. The van der Waals surface area contributed by atoms with Gasteiger partial charge in [0.25, 0.3) is 5.91 Å². The topological polar surface area (TPSA) is 29.5 Å². The number of carbonyl (C=O) groups excluding carboxylic acids is 1. The van der Waals surface area contributed by atoms with Gasteiger partial charge in [-0.2, -0.15) is 0 Å². The van der Waals surface area contributed by atoms with Crippen molar-refractivity contribution in [1.82, 2.24) is 4.90 Å². The highest BCUT2D eigenvalue weighted by Gasteiger charge is 2.32. The van der Waals surface area contributed by atoms with Crippen molar-refractivity contribution in [2.75, 3.05) is 13.2 Å². The highest BCUT2D eigenvalue weighted by atomic mass is 16.5. The van der Waals surface area contributed by atoms with Crippen molar-refractivity contribution in [3.63, 3.8) is 0 Å². The second-order valence-electron chi connectivity index (χ2n) is 6.77. The predicted molar refractivity (Wildman–Crippen MR) is 93.6 cm³/mol. The number of carbonyl (C=O) groups is 1. The second-order valence-corrected chi connectivity index (χ2v) is 6.77. The van der Waals surface area contributed by atoms with Crippen LogP contribution in [0.5, 0.6) is 5.75 Å². The average Bonchev–Trinajstić information content (AvgIpc) is 3.37. The Morgan fingerprint density at radius 3 is 2.65 bits per heavy atom. The maximum atomic E-state index is 12.5. The lowest BCUT2D eigenvalue weighted by Crippen LogP contribution is -2.37. The third kappa shape index (κ3) is 4.04. The van der Waals surface area contributed by atoms with E-state index in [0.29, 0.717) is 12.0 Å². The van der Waals surface area contributed by atoms with Crippen molar-refractivity contribution in [1.29, 1.82) is 0 Å². The monoisotopic (exact) mass is 311 g/mol. The molecule has 1 saturated carbocycles. The van der Waals surface area contributed by atoms with Gasteiger partial charge in [0.1, 0.15) is 5.75 Å². The van der Waals surface area contributed by atoms with Crippen LogP contribution in [0.1, 0.15) is 33.1 Å². The van der Waals surface area contributed by atoms with Crippen LogP contribution in [-0.2, 0) is 4.79 Å². The highest BCUT2D eigenvalue weighted by Crippen LogP contribution is 2.28. The Balaban J connectivity index is 1.65. The number of nitrogens with zero attached hydrogens (tertiary/aromatic N) is 1. The molecule has 0 saturated heterocycles. The van der Waals surface area contributed by atoms with Crippen molar-refractivity contribution in [3.05, 3.63) is 42.5 Å². The van der Waals surface area contributed by atoms with Crippen LogP contribution < -0.4 is 4.74 Å². The first kappa shape index (κ1) is 15.9. The van der Waals surface area contributed by atoms with Gasteiger partial charge in [-0.15, -0.1) is 0 Å². The molecule has 3 rings (SSSR count). The van der Waals surface area contributed by atoms with Gasteiger partial charge < -0.3 is 9.64 Å². The molecule has 3 heteroatoms. The lowest BCUT2D eigenvalue weighted by Gasteiger charge is -2.23. The molecule has 3 nitrogen and oxygen atoms in total. The molecule has 0 aromatic heterocycles. The first-order chi connectivity index (χ1) is 11.1. The molecule has 2 aromatic carbocycles. The van der Waals surface area contributed by atoms with Crippen LogP contribution in [0.4, 0.5) is 0 Å². The van der Waals surface area contributed by atoms with Gasteiger partial charge >= 0.3 is 0 Å². The zero-order chi connectivity index (χ0) is 16.2. The van der Waals surface area contributed by atoms with Crippen molar-refractivity contribution in [2.45, 2.75) is 39.2 Å². The first-order valence-corrected chi connectivity index (χ1v) is 8.55. The van der Waals surface area contributed by atoms with E-state index in [1.165, 1.54) is 0 Å². The fourth-order valence-electron chi connectivity index (χ4n) is 2.84. The van der Waals surface area contributed by atoms with E-state index in [4.69, 9.17) is 4.74 Å². The summed E-state index contributed by atoms with van der Waals surface area (Å²) in [5, 5.41) is 2.19. The van der Waals surface area contributed by atoms with Gasteiger partial charge in [0.05, 0.1) is 0 Å². The van der Waals surface area contributed by atoms with E-state index in [9.17, 15) is 4.79 Å². The summed E-state index contributed by atoms with van der Waals surface area (Å²) in [5.41, 5.74) is 0. The van der Waals surface area contributed by atoms with Crippen LogP contribution in [-0.4, -0.2) is 30.0 Å². The van der Waals surface area contributed by atoms with Crippen LogP contribution in [0.3, 0.4) is 0 Å². The zero-order valence-corrected chi connectivity index (χ0v) is 14.0. The molecule has 0 atom stereocenters. The Kier molecular flexibility index (Phi) is 4.85. The van der Waals surface area contributed by atoms with Gasteiger partial charge in [-0.05, 0) is 36.6 Å². The van der Waals surface area contributed by atoms with Crippen molar-refractivity contribution >= 4 is 16.7 Å². The zero-order valence-electron chi connectivity index (χ0n) is 14.0. The fraction of sp³-hybridized carbons (Fsp3) is 0.450. The van der Waals surface area contributed by atoms with Crippen LogP contribution in [0.2, 0.25) is 0 Å². The van der Waals surface area contributed by atoms with Gasteiger partial charge in [-0.3, -0.25) is 4.79 Å². The summed E-state index contributed by atoms with van der Waals surface area (Å²) in [6, 6.07) is 14.5. The number of amides is 1. The van der Waals surface area contributed by atoms with E-state index in [2.05, 4.69) is 26.0 Å². The summed E-state index contributed by atoms with van der Waals surface area (Å²) in [5.74, 6) is 1.51. The van der Waals surface area contributed by atoms with Crippen molar-refractivity contribution < 1.29 is 9.53 Å². The predicted octanol–water partition coefficient (Wildman–Crippen LogP) is 4.26. The Morgan fingerprint density at radius 1 is 1.17 bits per heavy atom. The maximum absolute atomic E-state index is 12.5. The maximum Gasteiger partial charge on any atom is 0.260 e. The molecule has 0 spiro atoms. The van der Waals surface area contributed by atoms with E-state index in [-0.39, 0.29) is 12.5 Å². The quantitative estimate of drug-likeness (QED) is 0.765. The molecule has 0 bridgehead atoms. The molecule has 0 N–H and O–H groups in total. The molecule has 23 heavy (non-hydrogen) atoms. The minimum Gasteiger partial charge on any atom is -0.483 e. The van der Waals surface area contributed by atoms with Gasteiger partial charge in [-0.25, -0.2) is 0 Å². The third-order valence-electron chi connectivity index (χ3n) is 4.36. The molecule has 122 valence electrons. The lowest BCUT2D eigenvalue weighted by atomic mass is 10.1. The molecule has 0 aliphatic heterocycles. The van der Waals surface area contributed by atoms with Gasteiger partial charge in [0.2, 0.25) is 0 Å². The van der Waals surface area contributed by atoms with Gasteiger partial charge in [-0.1, -0.05) is 50.2 Å².